The van der Waals surface area contributed by atoms with Gasteiger partial charge >= 0.3 is 0 Å². The van der Waals surface area contributed by atoms with Crippen LogP contribution in [-0.4, -0.2) is 46.7 Å². The summed E-state index contributed by atoms with van der Waals surface area (Å²) < 4.78 is 0. The highest BCUT2D eigenvalue weighted by Gasteiger charge is 2.62. The maximum Gasteiger partial charge on any atom is 0.0587 e. The molecule has 4 fully saturated rings. The molecular weight excluding hydrogens is 422 g/mol. The van der Waals surface area contributed by atoms with E-state index in [-0.39, 0.29) is 30.3 Å². The number of hydrogen-bond donors (Lipinski definition) is 4. The molecule has 4 saturated carbocycles. The monoisotopic (exact) mass is 477 g/mol. The summed E-state index contributed by atoms with van der Waals surface area (Å²) in [5.41, 5.74) is 0.645. The Morgan fingerprint density at radius 1 is 0.912 bits per heavy atom. The van der Waals surface area contributed by atoms with Crippen molar-refractivity contribution < 1.29 is 15.3 Å². The SMILES string of the molecule is CCC(C)[C@@H](CO)NCCC[C@@H](C)[C@H]1CC[C@H]2[C@@H]3C[C@H](O)[C@@H]4C[C@H](O)CC[C@]4(C)[C@H]3CC[C@]12C. The third kappa shape index (κ3) is 4.75. The van der Waals surface area contributed by atoms with E-state index in [1.165, 1.54) is 38.5 Å². The van der Waals surface area contributed by atoms with E-state index in [9.17, 15) is 15.3 Å². The van der Waals surface area contributed by atoms with Gasteiger partial charge in [0.15, 0.2) is 0 Å². The topological polar surface area (TPSA) is 72.7 Å². The molecule has 0 heterocycles. The van der Waals surface area contributed by atoms with Crippen molar-refractivity contribution in [1.29, 1.82) is 0 Å². The van der Waals surface area contributed by atoms with Crippen LogP contribution in [0, 0.1) is 52.3 Å². The first-order valence-electron chi connectivity index (χ1n) is 14.9. The predicted octanol–water partition coefficient (Wildman–Crippen LogP) is 5.39. The van der Waals surface area contributed by atoms with Crippen molar-refractivity contribution >= 4 is 0 Å². The Morgan fingerprint density at radius 3 is 2.32 bits per heavy atom. The van der Waals surface area contributed by atoms with E-state index in [1.807, 2.05) is 0 Å². The first kappa shape index (κ1) is 26.9. The second kappa shape index (κ2) is 10.7. The average Bonchev–Trinajstić information content (AvgIpc) is 3.17. The molecule has 4 N–H and O–H groups in total. The van der Waals surface area contributed by atoms with Crippen molar-refractivity contribution in [1.82, 2.24) is 5.32 Å². The second-order valence-electron chi connectivity index (χ2n) is 13.7. The van der Waals surface area contributed by atoms with Gasteiger partial charge in [0.25, 0.3) is 0 Å². The number of rotatable bonds is 9. The quantitative estimate of drug-likeness (QED) is 0.336. The lowest BCUT2D eigenvalue weighted by atomic mass is 9.44. The van der Waals surface area contributed by atoms with Crippen molar-refractivity contribution in [3.05, 3.63) is 0 Å². The summed E-state index contributed by atoms with van der Waals surface area (Å²) in [5, 5.41) is 34.9. The summed E-state index contributed by atoms with van der Waals surface area (Å²) in [6.45, 7) is 13.2. The summed E-state index contributed by atoms with van der Waals surface area (Å²) in [5.74, 6) is 4.53. The molecule has 0 radical (unpaired) electrons. The van der Waals surface area contributed by atoms with Crippen LogP contribution in [0.1, 0.15) is 105 Å². The number of aliphatic hydroxyl groups is 3. The van der Waals surface area contributed by atoms with Crippen LogP contribution in [0.4, 0.5) is 0 Å². The van der Waals surface area contributed by atoms with Crippen LogP contribution < -0.4 is 5.32 Å². The second-order valence-corrected chi connectivity index (χ2v) is 13.7. The molecule has 0 amide bonds. The highest BCUT2D eigenvalue weighted by Crippen LogP contribution is 2.68. The lowest BCUT2D eigenvalue weighted by Crippen LogP contribution is -2.58. The third-order valence-corrected chi connectivity index (χ3v) is 12.2. The van der Waals surface area contributed by atoms with Gasteiger partial charge in [-0.05, 0) is 123 Å². The molecule has 0 bridgehead atoms. The molecule has 0 aliphatic heterocycles. The maximum atomic E-state index is 11.2. The predicted molar refractivity (Wildman–Crippen MR) is 139 cm³/mol. The fourth-order valence-electron chi connectivity index (χ4n) is 9.90. The molecule has 0 spiro atoms. The summed E-state index contributed by atoms with van der Waals surface area (Å²) in [6.07, 6.45) is 12.3. The molecule has 198 valence electrons. The minimum Gasteiger partial charge on any atom is -0.395 e. The average molecular weight is 478 g/mol. The van der Waals surface area contributed by atoms with E-state index in [0.29, 0.717) is 23.2 Å². The van der Waals surface area contributed by atoms with E-state index in [0.717, 1.165) is 62.3 Å². The van der Waals surface area contributed by atoms with Crippen LogP contribution >= 0.6 is 0 Å². The van der Waals surface area contributed by atoms with E-state index >= 15 is 0 Å². The standard InChI is InChI=1S/C30H55NO3/c1-6-19(2)27(18-32)31-15-7-8-20(3)23-9-10-24-22-17-28(34)26-16-21(33)11-13-30(26,5)25(22)12-14-29(23,24)4/h19-28,31-34H,6-18H2,1-5H3/t19?,20-,21-,22+,23-,24+,25+,26+,27-,28+,29-,30-/m1/s1. The zero-order valence-electron chi connectivity index (χ0n) is 22.8. The zero-order chi connectivity index (χ0) is 24.7. The van der Waals surface area contributed by atoms with Gasteiger partial charge in [0.05, 0.1) is 18.8 Å². The van der Waals surface area contributed by atoms with Gasteiger partial charge in [-0.3, -0.25) is 0 Å². The summed E-state index contributed by atoms with van der Waals surface area (Å²) >= 11 is 0. The summed E-state index contributed by atoms with van der Waals surface area (Å²) in [7, 11) is 0. The molecule has 0 aromatic heterocycles. The summed E-state index contributed by atoms with van der Waals surface area (Å²) in [4.78, 5) is 0. The molecule has 0 aromatic rings. The van der Waals surface area contributed by atoms with Crippen LogP contribution in [0.5, 0.6) is 0 Å². The lowest BCUT2D eigenvalue weighted by Gasteiger charge is -2.62. The molecule has 4 rings (SSSR count). The highest BCUT2D eigenvalue weighted by molar-refractivity contribution is 5.11. The minimum absolute atomic E-state index is 0.206. The molecule has 34 heavy (non-hydrogen) atoms. The minimum atomic E-state index is -0.226. The van der Waals surface area contributed by atoms with E-state index in [2.05, 4.69) is 39.9 Å². The Hall–Kier alpha value is -0.160. The molecule has 1 unspecified atom stereocenters. The molecule has 4 nitrogen and oxygen atoms in total. The fraction of sp³-hybridized carbons (Fsp3) is 1.00. The van der Waals surface area contributed by atoms with Gasteiger partial charge in [-0.1, -0.05) is 41.0 Å². The molecule has 4 aliphatic carbocycles. The number of nitrogens with one attached hydrogen (secondary N) is 1. The Kier molecular flexibility index (Phi) is 8.44. The van der Waals surface area contributed by atoms with Crippen LogP contribution in [0.2, 0.25) is 0 Å². The highest BCUT2D eigenvalue weighted by atomic mass is 16.3. The Labute approximate surface area is 209 Å². The van der Waals surface area contributed by atoms with Gasteiger partial charge in [0, 0.05) is 6.04 Å². The fourth-order valence-corrected chi connectivity index (χ4v) is 9.90. The van der Waals surface area contributed by atoms with Gasteiger partial charge in [-0.25, -0.2) is 0 Å². The van der Waals surface area contributed by atoms with Gasteiger partial charge < -0.3 is 20.6 Å². The van der Waals surface area contributed by atoms with Crippen LogP contribution in [-0.2, 0) is 0 Å². The third-order valence-electron chi connectivity index (χ3n) is 12.2. The van der Waals surface area contributed by atoms with Crippen LogP contribution in [0.3, 0.4) is 0 Å². The van der Waals surface area contributed by atoms with Crippen molar-refractivity contribution in [3.63, 3.8) is 0 Å². The van der Waals surface area contributed by atoms with Gasteiger partial charge in [-0.2, -0.15) is 0 Å². The van der Waals surface area contributed by atoms with Gasteiger partial charge in [0.1, 0.15) is 0 Å². The van der Waals surface area contributed by atoms with E-state index in [1.54, 1.807) is 0 Å². The van der Waals surface area contributed by atoms with Crippen molar-refractivity contribution in [2.45, 2.75) is 123 Å². The van der Waals surface area contributed by atoms with Crippen molar-refractivity contribution in [3.8, 4) is 0 Å². The first-order valence-corrected chi connectivity index (χ1v) is 14.9. The van der Waals surface area contributed by atoms with Crippen molar-refractivity contribution in [2.75, 3.05) is 13.2 Å². The van der Waals surface area contributed by atoms with Crippen LogP contribution in [0.25, 0.3) is 0 Å². The Morgan fingerprint density at radius 2 is 1.62 bits per heavy atom. The molecule has 4 aliphatic rings. The Balaban J connectivity index is 1.37. The first-order chi connectivity index (χ1) is 16.2. The van der Waals surface area contributed by atoms with Gasteiger partial charge in [-0.15, -0.1) is 0 Å². The molecule has 4 heteroatoms. The lowest BCUT2D eigenvalue weighted by molar-refractivity contribution is -0.172. The van der Waals surface area contributed by atoms with E-state index < -0.39 is 0 Å². The van der Waals surface area contributed by atoms with Gasteiger partial charge in [0.2, 0.25) is 0 Å². The maximum absolute atomic E-state index is 11.2. The molecular formula is C30H55NO3. The smallest absolute Gasteiger partial charge is 0.0587 e. The summed E-state index contributed by atoms with van der Waals surface area (Å²) in [6, 6.07) is 0.229. The van der Waals surface area contributed by atoms with E-state index in [4.69, 9.17) is 0 Å². The Bertz CT molecular complexity index is 671. The molecule has 12 atom stereocenters. The number of fused-ring (bicyclic) bond motifs is 5. The normalized spacial score (nSPS) is 46.8. The zero-order valence-corrected chi connectivity index (χ0v) is 22.8. The number of aliphatic hydroxyl groups excluding tert-OH is 3. The largest absolute Gasteiger partial charge is 0.395 e. The molecule has 0 saturated heterocycles. The number of hydrogen-bond acceptors (Lipinski definition) is 4. The van der Waals surface area contributed by atoms with Crippen LogP contribution in [0.15, 0.2) is 0 Å². The van der Waals surface area contributed by atoms with Crippen molar-refractivity contribution in [2.24, 2.45) is 52.3 Å². The molecule has 0 aromatic carbocycles.